The van der Waals surface area contributed by atoms with Crippen LogP contribution >= 0.6 is 12.6 Å². The van der Waals surface area contributed by atoms with Gasteiger partial charge in [-0.15, -0.1) is 0 Å². The molecule has 0 spiro atoms. The monoisotopic (exact) mass is 253 g/mol. The van der Waals surface area contributed by atoms with Gasteiger partial charge in [0.05, 0.1) is 18.1 Å². The average molecular weight is 253 g/mol. The Hall–Kier alpha value is -0.960. The Morgan fingerprint density at radius 1 is 1.00 bits per heavy atom. The van der Waals surface area contributed by atoms with E-state index in [-0.39, 0.29) is 0 Å². The molecule has 0 bridgehead atoms. The van der Waals surface area contributed by atoms with Crippen molar-refractivity contribution < 1.29 is 9.47 Å². The molecule has 0 heterocycles. The van der Waals surface area contributed by atoms with Gasteiger partial charge in [0.2, 0.25) is 0 Å². The summed E-state index contributed by atoms with van der Waals surface area (Å²) < 4.78 is 11.2. The van der Waals surface area contributed by atoms with E-state index in [1.54, 1.807) is 0 Å². The van der Waals surface area contributed by atoms with Gasteiger partial charge in [0, 0.05) is 6.07 Å². The summed E-state index contributed by atoms with van der Waals surface area (Å²) in [5, 5.41) is 0. The predicted octanol–water partition coefficient (Wildman–Crippen LogP) is 4.60. The van der Waals surface area contributed by atoms with Crippen molar-refractivity contribution in [2.45, 2.75) is 44.4 Å². The molecule has 1 radical (unpaired) electrons. The van der Waals surface area contributed by atoms with Crippen molar-refractivity contribution in [3.63, 3.8) is 0 Å². The Morgan fingerprint density at radius 2 is 1.65 bits per heavy atom. The molecule has 0 aliphatic heterocycles. The van der Waals surface area contributed by atoms with Gasteiger partial charge in [-0.1, -0.05) is 39.3 Å². The lowest BCUT2D eigenvalue weighted by Gasteiger charge is -2.10. The zero-order valence-corrected chi connectivity index (χ0v) is 11.5. The fraction of sp³-hybridized carbons (Fsp3) is 0.571. The Morgan fingerprint density at radius 3 is 2.24 bits per heavy atom. The molecule has 1 aromatic rings. The molecule has 2 nitrogen and oxygen atoms in total. The minimum Gasteiger partial charge on any atom is -0.494 e. The fourth-order valence-corrected chi connectivity index (χ4v) is 1.60. The second kappa shape index (κ2) is 8.18. The first-order valence-electron chi connectivity index (χ1n) is 6.34. The molecule has 0 saturated carbocycles. The SMILES string of the molecule is CCCCOc1ccc(OCCCC)c([S])c1. The van der Waals surface area contributed by atoms with Crippen molar-refractivity contribution in [3.05, 3.63) is 18.2 Å². The molecule has 0 atom stereocenters. The quantitative estimate of drug-likeness (QED) is 0.630. The Balaban J connectivity index is 2.47. The van der Waals surface area contributed by atoms with E-state index in [4.69, 9.17) is 22.1 Å². The molecule has 1 aromatic carbocycles. The normalized spacial score (nSPS) is 10.2. The Labute approximate surface area is 110 Å². The van der Waals surface area contributed by atoms with E-state index < -0.39 is 0 Å². The third-order valence-corrected chi connectivity index (χ3v) is 2.76. The summed E-state index contributed by atoms with van der Waals surface area (Å²) in [6, 6.07) is 5.69. The summed E-state index contributed by atoms with van der Waals surface area (Å²) in [6.45, 7) is 5.77. The number of hydrogen-bond acceptors (Lipinski definition) is 2. The molecule has 1 rings (SSSR count). The molecule has 0 saturated heterocycles. The van der Waals surface area contributed by atoms with Crippen molar-refractivity contribution in [2.24, 2.45) is 0 Å². The first kappa shape index (κ1) is 14.1. The molecular formula is C14H21O2S. The Bertz CT molecular complexity index is 326. The topological polar surface area (TPSA) is 18.5 Å². The van der Waals surface area contributed by atoms with Crippen LogP contribution in [0.4, 0.5) is 0 Å². The van der Waals surface area contributed by atoms with Gasteiger partial charge in [0.25, 0.3) is 0 Å². The highest BCUT2D eigenvalue weighted by molar-refractivity contribution is 7.80. The number of rotatable bonds is 8. The van der Waals surface area contributed by atoms with Crippen LogP contribution in [0.15, 0.2) is 23.1 Å². The van der Waals surface area contributed by atoms with Gasteiger partial charge in [-0.05, 0) is 25.0 Å². The number of benzene rings is 1. The second-order valence-corrected chi connectivity index (χ2v) is 4.45. The van der Waals surface area contributed by atoms with E-state index in [1.807, 2.05) is 18.2 Å². The molecule has 0 unspecified atom stereocenters. The number of hydrogen-bond donors (Lipinski definition) is 0. The van der Waals surface area contributed by atoms with Gasteiger partial charge in [0.15, 0.2) is 0 Å². The maximum atomic E-state index is 5.60. The first-order chi connectivity index (χ1) is 8.27. The summed E-state index contributed by atoms with van der Waals surface area (Å²) in [6.07, 6.45) is 4.40. The zero-order chi connectivity index (χ0) is 12.5. The van der Waals surface area contributed by atoms with Gasteiger partial charge in [-0.2, -0.15) is 0 Å². The maximum Gasteiger partial charge on any atom is 0.137 e. The van der Waals surface area contributed by atoms with Crippen LogP contribution in [0.3, 0.4) is 0 Å². The van der Waals surface area contributed by atoms with Crippen molar-refractivity contribution in [2.75, 3.05) is 13.2 Å². The van der Waals surface area contributed by atoms with Crippen LogP contribution in [0.5, 0.6) is 11.5 Å². The molecule has 17 heavy (non-hydrogen) atoms. The molecule has 95 valence electrons. The number of unbranched alkanes of at least 4 members (excludes halogenated alkanes) is 2. The van der Waals surface area contributed by atoms with Crippen LogP contribution in [0.25, 0.3) is 0 Å². The van der Waals surface area contributed by atoms with Crippen molar-refractivity contribution in [1.82, 2.24) is 0 Å². The molecule has 0 amide bonds. The highest BCUT2D eigenvalue weighted by Crippen LogP contribution is 2.27. The van der Waals surface area contributed by atoms with E-state index in [9.17, 15) is 0 Å². The average Bonchev–Trinajstić information content (AvgIpc) is 2.32. The smallest absolute Gasteiger partial charge is 0.137 e. The van der Waals surface area contributed by atoms with Gasteiger partial charge in [-0.25, -0.2) is 0 Å². The van der Waals surface area contributed by atoms with E-state index in [0.29, 0.717) is 0 Å². The highest BCUT2D eigenvalue weighted by Gasteiger charge is 2.03. The summed E-state index contributed by atoms with van der Waals surface area (Å²) in [5.41, 5.74) is 0. The standard InChI is InChI=1S/C14H21O2S/c1-3-5-9-15-12-7-8-13(14(17)11-12)16-10-6-4-2/h7-8,11H,3-6,9-10H2,1-2H3. The van der Waals surface area contributed by atoms with Crippen LogP contribution in [0.2, 0.25) is 0 Å². The van der Waals surface area contributed by atoms with Crippen LogP contribution in [0, 0.1) is 0 Å². The van der Waals surface area contributed by atoms with E-state index >= 15 is 0 Å². The van der Waals surface area contributed by atoms with Crippen LogP contribution in [0.1, 0.15) is 39.5 Å². The van der Waals surface area contributed by atoms with Crippen LogP contribution < -0.4 is 9.47 Å². The summed E-state index contributed by atoms with van der Waals surface area (Å²) >= 11 is 5.26. The summed E-state index contributed by atoms with van der Waals surface area (Å²) in [4.78, 5) is 0.732. The summed E-state index contributed by atoms with van der Waals surface area (Å²) in [7, 11) is 0. The molecule has 3 heteroatoms. The molecular weight excluding hydrogens is 232 g/mol. The fourth-order valence-electron chi connectivity index (χ4n) is 1.36. The maximum absolute atomic E-state index is 5.60. The lowest BCUT2D eigenvalue weighted by molar-refractivity contribution is 0.295. The van der Waals surface area contributed by atoms with Gasteiger partial charge in [-0.3, -0.25) is 0 Å². The van der Waals surface area contributed by atoms with Gasteiger partial charge in [0.1, 0.15) is 11.5 Å². The summed E-state index contributed by atoms with van der Waals surface area (Å²) in [5.74, 6) is 1.63. The lowest BCUT2D eigenvalue weighted by Crippen LogP contribution is -1.99. The molecule has 0 fully saturated rings. The minimum absolute atomic E-state index is 0.732. The molecule has 0 aliphatic rings. The lowest BCUT2D eigenvalue weighted by atomic mass is 10.3. The highest BCUT2D eigenvalue weighted by atomic mass is 32.1. The van der Waals surface area contributed by atoms with Crippen molar-refractivity contribution in [1.29, 1.82) is 0 Å². The molecule has 0 N–H and O–H groups in total. The Kier molecular flexibility index (Phi) is 6.78. The molecule has 0 aromatic heterocycles. The van der Waals surface area contributed by atoms with Gasteiger partial charge < -0.3 is 9.47 Å². The third kappa shape index (κ3) is 5.26. The first-order valence-corrected chi connectivity index (χ1v) is 6.75. The van der Waals surface area contributed by atoms with Crippen LogP contribution in [-0.2, 0) is 0 Å². The van der Waals surface area contributed by atoms with Crippen molar-refractivity contribution in [3.8, 4) is 11.5 Å². The predicted molar refractivity (Wildman–Crippen MR) is 73.1 cm³/mol. The van der Waals surface area contributed by atoms with E-state index in [1.165, 1.54) is 0 Å². The number of ether oxygens (including phenoxy) is 2. The second-order valence-electron chi connectivity index (χ2n) is 4.01. The molecule has 0 aliphatic carbocycles. The van der Waals surface area contributed by atoms with E-state index in [2.05, 4.69) is 13.8 Å². The van der Waals surface area contributed by atoms with Crippen molar-refractivity contribution >= 4 is 12.6 Å². The van der Waals surface area contributed by atoms with Gasteiger partial charge >= 0.3 is 0 Å². The van der Waals surface area contributed by atoms with Crippen LogP contribution in [-0.4, -0.2) is 13.2 Å². The largest absolute Gasteiger partial charge is 0.494 e. The van der Waals surface area contributed by atoms with E-state index in [0.717, 1.165) is 55.3 Å². The third-order valence-electron chi connectivity index (χ3n) is 2.44. The zero-order valence-electron chi connectivity index (χ0n) is 10.7. The minimum atomic E-state index is 0.732.